The number of aromatic nitrogens is 2. The molecule has 1 amide bonds. The molecule has 0 radical (unpaired) electrons. The summed E-state index contributed by atoms with van der Waals surface area (Å²) in [5.41, 5.74) is 0.829. The number of hydrogen-bond acceptors (Lipinski definition) is 5. The van der Waals surface area contributed by atoms with E-state index in [1.165, 1.54) is 32.1 Å². The highest BCUT2D eigenvalue weighted by Crippen LogP contribution is 2.25. The van der Waals surface area contributed by atoms with E-state index in [9.17, 15) is 4.79 Å². The van der Waals surface area contributed by atoms with Crippen LogP contribution in [0.15, 0.2) is 22.6 Å². The minimum Gasteiger partial charge on any atom is -0.417 e. The molecule has 1 saturated carbocycles. The predicted molar refractivity (Wildman–Crippen MR) is 108 cm³/mol. The lowest BCUT2D eigenvalue weighted by Crippen LogP contribution is -2.52. The number of amides is 1. The van der Waals surface area contributed by atoms with Crippen LogP contribution in [-0.4, -0.2) is 58.1 Å². The zero-order valence-electron chi connectivity index (χ0n) is 15.7. The fraction of sp³-hybridized carbons (Fsp3) is 0.550. The molecule has 28 heavy (non-hydrogen) atoms. The Morgan fingerprint density at radius 1 is 1.07 bits per heavy atom. The number of rotatable bonds is 4. The van der Waals surface area contributed by atoms with Gasteiger partial charge in [0.2, 0.25) is 5.89 Å². The van der Waals surface area contributed by atoms with Crippen molar-refractivity contribution in [2.45, 2.75) is 44.6 Å². The van der Waals surface area contributed by atoms with Gasteiger partial charge in [0, 0.05) is 42.3 Å². The summed E-state index contributed by atoms with van der Waals surface area (Å²) in [6.45, 7) is 3.24. The molecule has 1 aliphatic carbocycles. The highest BCUT2D eigenvalue weighted by atomic mass is 35.5. The van der Waals surface area contributed by atoms with Crippen LogP contribution in [0.2, 0.25) is 10.0 Å². The predicted octanol–water partition coefficient (Wildman–Crippen LogP) is 4.06. The minimum atomic E-state index is -0.191. The van der Waals surface area contributed by atoms with Crippen molar-refractivity contribution in [2.24, 2.45) is 0 Å². The third-order valence-corrected chi connectivity index (χ3v) is 6.29. The lowest BCUT2D eigenvalue weighted by Gasteiger charge is -2.40. The SMILES string of the molecule is O=C(c1nnc(Cc2ccc(Cl)cc2Cl)o1)N1CCN(C2CCCCC2)CC1. The Balaban J connectivity index is 1.34. The topological polar surface area (TPSA) is 62.5 Å². The highest BCUT2D eigenvalue weighted by Gasteiger charge is 2.29. The van der Waals surface area contributed by atoms with Gasteiger partial charge in [0.15, 0.2) is 0 Å². The lowest BCUT2D eigenvalue weighted by molar-refractivity contribution is 0.0489. The van der Waals surface area contributed by atoms with E-state index in [0.717, 1.165) is 18.7 Å². The van der Waals surface area contributed by atoms with Gasteiger partial charge in [-0.3, -0.25) is 9.69 Å². The Morgan fingerprint density at radius 2 is 1.82 bits per heavy atom. The van der Waals surface area contributed by atoms with Crippen LogP contribution in [0, 0.1) is 0 Å². The molecule has 1 aliphatic heterocycles. The summed E-state index contributed by atoms with van der Waals surface area (Å²) in [6.07, 6.45) is 6.95. The molecule has 2 aromatic rings. The van der Waals surface area contributed by atoms with E-state index in [2.05, 4.69) is 15.1 Å². The molecule has 1 aromatic heterocycles. The van der Waals surface area contributed by atoms with Crippen LogP contribution >= 0.6 is 23.2 Å². The number of piperazine rings is 1. The number of hydrogen-bond donors (Lipinski definition) is 0. The summed E-state index contributed by atoms with van der Waals surface area (Å²) in [6, 6.07) is 5.94. The molecule has 1 aromatic carbocycles. The minimum absolute atomic E-state index is 0.0474. The van der Waals surface area contributed by atoms with Crippen LogP contribution in [0.4, 0.5) is 0 Å². The number of carbonyl (C=O) groups is 1. The second-order valence-electron chi connectivity index (χ2n) is 7.53. The van der Waals surface area contributed by atoms with Gasteiger partial charge in [-0.2, -0.15) is 0 Å². The van der Waals surface area contributed by atoms with E-state index < -0.39 is 0 Å². The number of halogens is 2. The third kappa shape index (κ3) is 4.50. The average molecular weight is 423 g/mol. The zero-order valence-corrected chi connectivity index (χ0v) is 17.3. The number of benzene rings is 1. The monoisotopic (exact) mass is 422 g/mol. The van der Waals surface area contributed by atoms with Crippen molar-refractivity contribution < 1.29 is 9.21 Å². The first kappa shape index (κ1) is 19.7. The van der Waals surface area contributed by atoms with Crippen molar-refractivity contribution >= 4 is 29.1 Å². The fourth-order valence-electron chi connectivity index (χ4n) is 4.11. The van der Waals surface area contributed by atoms with Crippen molar-refractivity contribution in [2.75, 3.05) is 26.2 Å². The summed E-state index contributed by atoms with van der Waals surface area (Å²) in [5, 5.41) is 9.08. The van der Waals surface area contributed by atoms with E-state index in [1.807, 2.05) is 11.0 Å². The maximum atomic E-state index is 12.7. The molecular formula is C20H24Cl2N4O2. The smallest absolute Gasteiger partial charge is 0.311 e. The first-order chi connectivity index (χ1) is 13.6. The standard InChI is InChI=1S/C20H24Cl2N4O2/c21-15-7-6-14(17(22)13-15)12-18-23-24-19(28-18)20(27)26-10-8-25(9-11-26)16-4-2-1-3-5-16/h6-7,13,16H,1-5,8-12H2. The molecule has 0 atom stereocenters. The molecule has 8 heteroatoms. The van der Waals surface area contributed by atoms with Crippen molar-refractivity contribution in [1.29, 1.82) is 0 Å². The maximum Gasteiger partial charge on any atom is 0.311 e. The first-order valence-corrected chi connectivity index (χ1v) is 10.7. The summed E-state index contributed by atoms with van der Waals surface area (Å²) in [7, 11) is 0. The van der Waals surface area contributed by atoms with Gasteiger partial charge in [-0.1, -0.05) is 48.5 Å². The zero-order chi connectivity index (χ0) is 19.5. The number of nitrogens with zero attached hydrogens (tertiary/aromatic N) is 4. The molecule has 0 unspecified atom stereocenters. The molecule has 150 valence electrons. The maximum absolute atomic E-state index is 12.7. The first-order valence-electron chi connectivity index (χ1n) is 9.90. The van der Waals surface area contributed by atoms with Crippen LogP contribution in [0.3, 0.4) is 0 Å². The van der Waals surface area contributed by atoms with Gasteiger partial charge in [-0.15, -0.1) is 10.2 Å². The van der Waals surface area contributed by atoms with Crippen LogP contribution in [-0.2, 0) is 6.42 Å². The van der Waals surface area contributed by atoms with Gasteiger partial charge in [-0.05, 0) is 30.5 Å². The van der Waals surface area contributed by atoms with E-state index in [-0.39, 0.29) is 11.8 Å². The van der Waals surface area contributed by atoms with Crippen LogP contribution in [0.5, 0.6) is 0 Å². The molecule has 2 aliphatic rings. The molecule has 4 rings (SSSR count). The van der Waals surface area contributed by atoms with Crippen molar-refractivity contribution in [3.63, 3.8) is 0 Å². The molecule has 0 N–H and O–H groups in total. The molecular weight excluding hydrogens is 399 g/mol. The molecule has 0 spiro atoms. The fourth-order valence-corrected chi connectivity index (χ4v) is 4.59. The summed E-state index contributed by atoms with van der Waals surface area (Å²) < 4.78 is 5.61. The van der Waals surface area contributed by atoms with E-state index in [1.54, 1.807) is 12.1 Å². The van der Waals surface area contributed by atoms with Crippen LogP contribution in [0.1, 0.15) is 54.2 Å². The largest absolute Gasteiger partial charge is 0.417 e. The Kier molecular flexibility index (Phi) is 6.19. The van der Waals surface area contributed by atoms with Crippen LogP contribution in [0.25, 0.3) is 0 Å². The molecule has 6 nitrogen and oxygen atoms in total. The van der Waals surface area contributed by atoms with Crippen molar-refractivity contribution in [1.82, 2.24) is 20.0 Å². The van der Waals surface area contributed by atoms with Gasteiger partial charge in [0.05, 0.1) is 6.42 Å². The molecule has 2 fully saturated rings. The van der Waals surface area contributed by atoms with Crippen molar-refractivity contribution in [3.8, 4) is 0 Å². The summed E-state index contributed by atoms with van der Waals surface area (Å²) in [4.78, 5) is 17.1. The van der Waals surface area contributed by atoms with Crippen molar-refractivity contribution in [3.05, 3.63) is 45.6 Å². The Labute approximate surface area is 174 Å². The average Bonchev–Trinajstić information content (AvgIpc) is 3.19. The van der Waals surface area contributed by atoms with Gasteiger partial charge in [0.25, 0.3) is 0 Å². The second kappa shape index (κ2) is 8.80. The van der Waals surface area contributed by atoms with E-state index in [0.29, 0.717) is 41.5 Å². The van der Waals surface area contributed by atoms with E-state index in [4.69, 9.17) is 27.6 Å². The Bertz CT molecular complexity index is 827. The van der Waals surface area contributed by atoms with Gasteiger partial charge >= 0.3 is 11.8 Å². The lowest BCUT2D eigenvalue weighted by atomic mass is 9.94. The Morgan fingerprint density at radius 3 is 2.54 bits per heavy atom. The molecule has 1 saturated heterocycles. The molecule has 0 bridgehead atoms. The number of carbonyl (C=O) groups excluding carboxylic acids is 1. The second-order valence-corrected chi connectivity index (χ2v) is 8.38. The normalized spacial score (nSPS) is 19.1. The van der Waals surface area contributed by atoms with Gasteiger partial charge < -0.3 is 9.32 Å². The van der Waals surface area contributed by atoms with Gasteiger partial charge in [0.1, 0.15) is 0 Å². The third-order valence-electron chi connectivity index (χ3n) is 5.70. The Hall–Kier alpha value is -1.63. The van der Waals surface area contributed by atoms with Gasteiger partial charge in [-0.25, -0.2) is 0 Å². The highest BCUT2D eigenvalue weighted by molar-refractivity contribution is 6.35. The summed E-state index contributed by atoms with van der Waals surface area (Å²) >= 11 is 12.1. The van der Waals surface area contributed by atoms with E-state index >= 15 is 0 Å². The summed E-state index contributed by atoms with van der Waals surface area (Å²) in [5.74, 6) is 0.226. The van der Waals surface area contributed by atoms with Crippen LogP contribution < -0.4 is 0 Å². The molecule has 2 heterocycles. The quantitative estimate of drug-likeness (QED) is 0.743.